The van der Waals surface area contributed by atoms with Crippen LogP contribution >= 0.6 is 0 Å². The smallest absolute Gasteiger partial charge is 0.294 e. The van der Waals surface area contributed by atoms with Crippen LogP contribution in [0.5, 0.6) is 0 Å². The molecule has 0 saturated heterocycles. The molecule has 0 spiro atoms. The summed E-state index contributed by atoms with van der Waals surface area (Å²) < 4.78 is 32.4. The number of fused-ring (bicyclic) bond motifs is 1. The Hall–Kier alpha value is -2.44. The Bertz CT molecular complexity index is 977. The van der Waals surface area contributed by atoms with Crippen molar-refractivity contribution >= 4 is 27.7 Å². The lowest BCUT2D eigenvalue weighted by molar-refractivity contribution is 0.483. The van der Waals surface area contributed by atoms with Crippen molar-refractivity contribution in [3.05, 3.63) is 65.9 Å². The normalized spacial score (nSPS) is 17.8. The first-order valence-electron chi connectivity index (χ1n) is 8.44. The molecule has 6 heteroatoms. The SMILES string of the molecule is CCN1/C(=C\C=Nc2ccccc2)C(C)(C)c2cc(S(=O)(=O)O)ccc21. The molecule has 0 aliphatic carbocycles. The summed E-state index contributed by atoms with van der Waals surface area (Å²) in [7, 11) is -4.23. The van der Waals surface area contributed by atoms with Crippen molar-refractivity contribution in [2.75, 3.05) is 11.4 Å². The summed E-state index contributed by atoms with van der Waals surface area (Å²) in [6, 6.07) is 14.4. The van der Waals surface area contributed by atoms with Gasteiger partial charge in [0.1, 0.15) is 0 Å². The zero-order valence-electron chi connectivity index (χ0n) is 15.0. The Morgan fingerprint density at radius 1 is 1.15 bits per heavy atom. The second kappa shape index (κ2) is 6.70. The number of hydrogen-bond acceptors (Lipinski definition) is 4. The van der Waals surface area contributed by atoms with Crippen LogP contribution in [0.1, 0.15) is 26.3 Å². The molecule has 0 bridgehead atoms. The molecule has 1 aliphatic rings. The summed E-state index contributed by atoms with van der Waals surface area (Å²) in [6.45, 7) is 6.87. The van der Waals surface area contributed by atoms with Crippen molar-refractivity contribution in [1.29, 1.82) is 0 Å². The largest absolute Gasteiger partial charge is 0.344 e. The van der Waals surface area contributed by atoms with Crippen LogP contribution < -0.4 is 4.90 Å². The van der Waals surface area contributed by atoms with Crippen molar-refractivity contribution in [1.82, 2.24) is 0 Å². The van der Waals surface area contributed by atoms with Crippen molar-refractivity contribution < 1.29 is 13.0 Å². The Morgan fingerprint density at radius 2 is 1.85 bits per heavy atom. The molecule has 0 aromatic heterocycles. The maximum atomic E-state index is 11.5. The van der Waals surface area contributed by atoms with E-state index in [9.17, 15) is 13.0 Å². The summed E-state index contributed by atoms with van der Waals surface area (Å²) in [5, 5.41) is 0. The number of para-hydroxylation sites is 1. The molecule has 1 N–H and O–H groups in total. The van der Waals surface area contributed by atoms with E-state index in [1.54, 1.807) is 18.3 Å². The lowest BCUT2D eigenvalue weighted by Crippen LogP contribution is -2.26. The van der Waals surface area contributed by atoms with Gasteiger partial charge in [0.25, 0.3) is 10.1 Å². The fourth-order valence-corrected chi connectivity index (χ4v) is 3.87. The number of allylic oxidation sites excluding steroid dienone is 2. The fourth-order valence-electron chi connectivity index (χ4n) is 3.36. The molecule has 5 nitrogen and oxygen atoms in total. The minimum Gasteiger partial charge on any atom is -0.344 e. The Kier molecular flexibility index (Phi) is 4.73. The van der Waals surface area contributed by atoms with E-state index in [2.05, 4.69) is 9.89 Å². The lowest BCUT2D eigenvalue weighted by Gasteiger charge is -2.25. The summed E-state index contributed by atoms with van der Waals surface area (Å²) >= 11 is 0. The van der Waals surface area contributed by atoms with E-state index in [-0.39, 0.29) is 4.90 Å². The van der Waals surface area contributed by atoms with Gasteiger partial charge in [-0.3, -0.25) is 9.55 Å². The van der Waals surface area contributed by atoms with Crippen molar-refractivity contribution in [2.45, 2.75) is 31.1 Å². The highest BCUT2D eigenvalue weighted by molar-refractivity contribution is 7.85. The van der Waals surface area contributed by atoms with Crippen LogP contribution in [0.3, 0.4) is 0 Å². The van der Waals surface area contributed by atoms with Crippen LogP contribution in [-0.4, -0.2) is 25.7 Å². The minimum atomic E-state index is -4.23. The standard InChI is InChI=1S/C20H22N2O3S/c1-4-22-18-11-10-16(26(23,24)25)14-17(18)20(2,3)19(22)12-13-21-15-8-6-5-7-9-15/h5-14H,4H2,1-3H3,(H,23,24,25)/b19-12-,21-13?. The summed E-state index contributed by atoms with van der Waals surface area (Å²) in [4.78, 5) is 6.51. The highest BCUT2D eigenvalue weighted by Gasteiger charge is 2.39. The molecule has 2 aromatic rings. The predicted molar refractivity (Wildman–Crippen MR) is 105 cm³/mol. The molecular weight excluding hydrogens is 348 g/mol. The van der Waals surface area contributed by atoms with E-state index < -0.39 is 15.5 Å². The van der Waals surface area contributed by atoms with Gasteiger partial charge in [-0.25, -0.2) is 0 Å². The lowest BCUT2D eigenvalue weighted by atomic mass is 9.84. The molecule has 1 heterocycles. The van der Waals surface area contributed by atoms with Crippen LogP contribution in [0.2, 0.25) is 0 Å². The molecular formula is C20H22N2O3S. The molecule has 0 unspecified atom stereocenters. The van der Waals surface area contributed by atoms with Gasteiger partial charge in [-0.2, -0.15) is 8.42 Å². The van der Waals surface area contributed by atoms with Crippen LogP contribution in [0.4, 0.5) is 11.4 Å². The molecule has 3 rings (SSSR count). The first-order valence-corrected chi connectivity index (χ1v) is 9.88. The van der Waals surface area contributed by atoms with Gasteiger partial charge in [-0.1, -0.05) is 32.0 Å². The second-order valence-electron chi connectivity index (χ2n) is 6.69. The molecule has 26 heavy (non-hydrogen) atoms. The average Bonchev–Trinajstić information content (AvgIpc) is 2.82. The maximum Gasteiger partial charge on any atom is 0.294 e. The highest BCUT2D eigenvalue weighted by atomic mass is 32.2. The Morgan fingerprint density at radius 3 is 2.46 bits per heavy atom. The van der Waals surface area contributed by atoms with Gasteiger partial charge in [0.2, 0.25) is 0 Å². The third-order valence-corrected chi connectivity index (χ3v) is 5.54. The van der Waals surface area contributed by atoms with E-state index in [0.717, 1.165) is 29.2 Å². The second-order valence-corrected chi connectivity index (χ2v) is 8.11. The summed E-state index contributed by atoms with van der Waals surface area (Å²) in [5.41, 5.74) is 3.31. The molecule has 0 amide bonds. The zero-order valence-corrected chi connectivity index (χ0v) is 15.9. The Labute approximate surface area is 154 Å². The number of hydrogen-bond donors (Lipinski definition) is 1. The number of likely N-dealkylation sites (N-methyl/N-ethyl adjacent to an activating group) is 1. The van der Waals surface area contributed by atoms with Gasteiger partial charge >= 0.3 is 0 Å². The van der Waals surface area contributed by atoms with Gasteiger partial charge in [-0.15, -0.1) is 0 Å². The number of aliphatic imine (C=N–C) groups is 1. The van der Waals surface area contributed by atoms with Crippen LogP contribution in [-0.2, 0) is 15.5 Å². The van der Waals surface area contributed by atoms with Gasteiger partial charge in [0.15, 0.2) is 0 Å². The van der Waals surface area contributed by atoms with E-state index >= 15 is 0 Å². The quantitative estimate of drug-likeness (QED) is 0.642. The van der Waals surface area contributed by atoms with Gasteiger partial charge < -0.3 is 4.90 Å². The molecule has 0 saturated carbocycles. The molecule has 136 valence electrons. The van der Waals surface area contributed by atoms with Gasteiger partial charge in [-0.05, 0) is 48.9 Å². The van der Waals surface area contributed by atoms with E-state index in [1.807, 2.05) is 57.2 Å². The molecule has 0 atom stereocenters. The van der Waals surface area contributed by atoms with E-state index in [1.165, 1.54) is 6.07 Å². The molecule has 0 fully saturated rings. The van der Waals surface area contributed by atoms with Gasteiger partial charge in [0.05, 0.1) is 10.6 Å². The number of rotatable bonds is 4. The topological polar surface area (TPSA) is 70.0 Å². The highest BCUT2D eigenvalue weighted by Crippen LogP contribution is 2.48. The van der Waals surface area contributed by atoms with Gasteiger partial charge in [0, 0.05) is 29.6 Å². The predicted octanol–water partition coefficient (Wildman–Crippen LogP) is 4.34. The first kappa shape index (κ1) is 18.4. The van der Waals surface area contributed by atoms with Crippen LogP contribution in [0.15, 0.2) is 70.2 Å². The third-order valence-electron chi connectivity index (χ3n) is 4.69. The number of nitrogens with zero attached hydrogens (tertiary/aromatic N) is 2. The monoisotopic (exact) mass is 370 g/mol. The Balaban J connectivity index is 2.04. The molecule has 2 aromatic carbocycles. The third kappa shape index (κ3) is 3.30. The first-order chi connectivity index (χ1) is 12.2. The maximum absolute atomic E-state index is 11.5. The summed E-state index contributed by atoms with van der Waals surface area (Å²) in [6.07, 6.45) is 3.73. The van der Waals surface area contributed by atoms with Crippen molar-refractivity contribution in [2.24, 2.45) is 4.99 Å². The number of benzene rings is 2. The average molecular weight is 370 g/mol. The fraction of sp³-hybridized carbons (Fsp3) is 0.250. The number of anilines is 1. The van der Waals surface area contributed by atoms with E-state index in [0.29, 0.717) is 0 Å². The van der Waals surface area contributed by atoms with Crippen LogP contribution in [0.25, 0.3) is 0 Å². The molecule has 0 radical (unpaired) electrons. The van der Waals surface area contributed by atoms with E-state index in [4.69, 9.17) is 0 Å². The zero-order chi connectivity index (χ0) is 18.9. The van der Waals surface area contributed by atoms with Crippen LogP contribution in [0, 0.1) is 0 Å². The minimum absolute atomic E-state index is 0.0837. The molecule has 1 aliphatic heterocycles. The summed E-state index contributed by atoms with van der Waals surface area (Å²) in [5.74, 6) is 0. The van der Waals surface area contributed by atoms with Crippen molar-refractivity contribution in [3.63, 3.8) is 0 Å². The van der Waals surface area contributed by atoms with Crippen molar-refractivity contribution in [3.8, 4) is 0 Å².